The van der Waals surface area contributed by atoms with E-state index in [0.717, 1.165) is 24.2 Å². The van der Waals surface area contributed by atoms with Gasteiger partial charge >= 0.3 is 0 Å². The highest BCUT2D eigenvalue weighted by molar-refractivity contribution is 5.85. The first-order chi connectivity index (χ1) is 12.1. The topological polar surface area (TPSA) is 36.4 Å². The van der Waals surface area contributed by atoms with E-state index in [1.807, 2.05) is 48.5 Å². The number of aliphatic hydroxyl groups is 1. The maximum atomic E-state index is 11.5. The lowest BCUT2D eigenvalue weighted by Crippen LogP contribution is -2.44. The van der Waals surface area contributed by atoms with Gasteiger partial charge < -0.3 is 5.11 Å². The van der Waals surface area contributed by atoms with Crippen molar-refractivity contribution >= 4 is 12.4 Å². The van der Waals surface area contributed by atoms with Gasteiger partial charge in [-0.05, 0) is 63.8 Å². The van der Waals surface area contributed by atoms with E-state index >= 15 is 0 Å². The van der Waals surface area contributed by atoms with Crippen molar-refractivity contribution in [2.75, 3.05) is 6.54 Å². The molecule has 0 amide bonds. The molecule has 4 heteroatoms. The van der Waals surface area contributed by atoms with Crippen LogP contribution in [0.5, 0.6) is 0 Å². The van der Waals surface area contributed by atoms with Gasteiger partial charge in [-0.2, -0.15) is 0 Å². The molecule has 3 atom stereocenters. The van der Waals surface area contributed by atoms with E-state index in [4.69, 9.17) is 0 Å². The van der Waals surface area contributed by atoms with Crippen molar-refractivity contribution in [3.8, 4) is 0 Å². The summed E-state index contributed by atoms with van der Waals surface area (Å²) in [7, 11) is 0. The Kier molecular flexibility index (Phi) is 7.63. The van der Waals surface area contributed by atoms with Crippen LogP contribution in [-0.4, -0.2) is 33.6 Å². The SMILES string of the molecule is C[C@@H]1CCC[C@H](C)N1CCC[C@@](O)(c1ccccc1)c1ccccn1.Cl. The van der Waals surface area contributed by atoms with Crippen molar-refractivity contribution in [2.45, 2.75) is 63.6 Å². The number of nitrogens with zero attached hydrogens (tertiary/aromatic N) is 2. The molecule has 1 aromatic carbocycles. The molecule has 1 aliphatic heterocycles. The van der Waals surface area contributed by atoms with E-state index < -0.39 is 5.60 Å². The second-order valence-electron chi connectivity index (χ2n) is 7.41. The molecule has 1 saturated heterocycles. The first-order valence-electron chi connectivity index (χ1n) is 9.56. The van der Waals surface area contributed by atoms with Crippen molar-refractivity contribution in [1.82, 2.24) is 9.88 Å². The number of rotatable bonds is 6. The fourth-order valence-electron chi connectivity index (χ4n) is 4.17. The predicted octanol–water partition coefficient (Wildman–Crippen LogP) is 4.78. The quantitative estimate of drug-likeness (QED) is 0.790. The number of halogens is 1. The summed E-state index contributed by atoms with van der Waals surface area (Å²) >= 11 is 0. The number of hydrogen-bond donors (Lipinski definition) is 1. The van der Waals surface area contributed by atoms with E-state index in [1.54, 1.807) is 6.20 Å². The highest BCUT2D eigenvalue weighted by atomic mass is 35.5. The second kappa shape index (κ2) is 9.50. The molecule has 26 heavy (non-hydrogen) atoms. The van der Waals surface area contributed by atoms with Gasteiger partial charge in [0.25, 0.3) is 0 Å². The number of benzene rings is 1. The largest absolute Gasteiger partial charge is 0.379 e. The van der Waals surface area contributed by atoms with E-state index in [2.05, 4.69) is 23.7 Å². The zero-order chi connectivity index (χ0) is 17.7. The van der Waals surface area contributed by atoms with Crippen molar-refractivity contribution in [3.05, 3.63) is 66.0 Å². The minimum absolute atomic E-state index is 0. The molecule has 1 N–H and O–H groups in total. The molecule has 0 saturated carbocycles. The van der Waals surface area contributed by atoms with Crippen LogP contribution in [0, 0.1) is 0 Å². The first kappa shape index (κ1) is 20.9. The van der Waals surface area contributed by atoms with Crippen molar-refractivity contribution in [2.24, 2.45) is 0 Å². The zero-order valence-corrected chi connectivity index (χ0v) is 16.7. The van der Waals surface area contributed by atoms with Gasteiger partial charge in [0, 0.05) is 18.3 Å². The Morgan fingerprint density at radius 2 is 1.69 bits per heavy atom. The number of likely N-dealkylation sites (tertiary alicyclic amines) is 1. The fourth-order valence-corrected chi connectivity index (χ4v) is 4.17. The summed E-state index contributed by atoms with van der Waals surface area (Å²) < 4.78 is 0. The highest BCUT2D eigenvalue weighted by Crippen LogP contribution is 2.33. The molecule has 0 unspecified atom stereocenters. The third-order valence-electron chi connectivity index (χ3n) is 5.67. The number of piperidine rings is 1. The lowest BCUT2D eigenvalue weighted by molar-refractivity contribution is 0.0489. The van der Waals surface area contributed by atoms with Crippen LogP contribution >= 0.6 is 12.4 Å². The number of pyridine rings is 1. The van der Waals surface area contributed by atoms with Crippen molar-refractivity contribution in [1.29, 1.82) is 0 Å². The minimum Gasteiger partial charge on any atom is -0.379 e. The molecule has 1 aromatic heterocycles. The van der Waals surface area contributed by atoms with E-state index in [0.29, 0.717) is 18.5 Å². The Bertz CT molecular complexity index is 600. The minimum atomic E-state index is -1.02. The molecule has 142 valence electrons. The van der Waals surface area contributed by atoms with Gasteiger partial charge in [0.15, 0.2) is 0 Å². The lowest BCUT2D eigenvalue weighted by Gasteiger charge is -2.39. The molecule has 0 bridgehead atoms. The molecule has 1 aliphatic rings. The summed E-state index contributed by atoms with van der Waals surface area (Å²) in [6.45, 7) is 5.69. The summed E-state index contributed by atoms with van der Waals surface area (Å²) in [6, 6.07) is 17.0. The van der Waals surface area contributed by atoms with Crippen LogP contribution in [0.2, 0.25) is 0 Å². The number of hydrogen-bond acceptors (Lipinski definition) is 3. The average molecular weight is 375 g/mol. The van der Waals surface area contributed by atoms with Gasteiger partial charge in [0.1, 0.15) is 5.60 Å². The summed E-state index contributed by atoms with van der Waals surface area (Å²) in [5.74, 6) is 0. The normalized spacial score (nSPS) is 23.0. The molecule has 1 fully saturated rings. The molecular formula is C22H31ClN2O. The maximum absolute atomic E-state index is 11.5. The third kappa shape index (κ3) is 4.64. The predicted molar refractivity (Wildman–Crippen MR) is 110 cm³/mol. The molecule has 3 nitrogen and oxygen atoms in total. The standard InChI is InChI=1S/C22H30N2O.ClH/c1-18-10-8-11-19(2)24(18)17-9-15-22(25,20-12-4-3-5-13-20)21-14-6-7-16-23-21;/h3-7,12-14,16,18-19,25H,8-11,15,17H2,1-2H3;1H/t18-,19+,22-;/m1./s1. The molecular weight excluding hydrogens is 344 g/mol. The summed E-state index contributed by atoms with van der Waals surface area (Å²) in [5, 5.41) is 11.5. The van der Waals surface area contributed by atoms with Gasteiger partial charge in [-0.1, -0.05) is 42.8 Å². The van der Waals surface area contributed by atoms with E-state index in [1.165, 1.54) is 19.3 Å². The van der Waals surface area contributed by atoms with Crippen molar-refractivity contribution in [3.63, 3.8) is 0 Å². The van der Waals surface area contributed by atoms with Crippen LogP contribution in [0.15, 0.2) is 54.7 Å². The maximum Gasteiger partial charge on any atom is 0.131 e. The van der Waals surface area contributed by atoms with Gasteiger partial charge in [-0.25, -0.2) is 0 Å². The Labute approximate surface area is 163 Å². The van der Waals surface area contributed by atoms with Crippen LogP contribution in [-0.2, 0) is 5.60 Å². The van der Waals surface area contributed by atoms with Crippen LogP contribution in [0.4, 0.5) is 0 Å². The summed E-state index contributed by atoms with van der Waals surface area (Å²) in [5.41, 5.74) is 0.638. The van der Waals surface area contributed by atoms with Crippen LogP contribution in [0.25, 0.3) is 0 Å². The summed E-state index contributed by atoms with van der Waals surface area (Å²) in [4.78, 5) is 7.06. The van der Waals surface area contributed by atoms with Gasteiger partial charge in [0.2, 0.25) is 0 Å². The Balaban J connectivity index is 0.00000243. The number of aromatic nitrogens is 1. The van der Waals surface area contributed by atoms with Crippen LogP contribution in [0.1, 0.15) is 57.2 Å². The van der Waals surface area contributed by atoms with Crippen LogP contribution < -0.4 is 0 Å². The van der Waals surface area contributed by atoms with Crippen molar-refractivity contribution < 1.29 is 5.11 Å². The zero-order valence-electron chi connectivity index (χ0n) is 15.8. The molecule has 2 heterocycles. The molecule has 0 radical (unpaired) electrons. The summed E-state index contributed by atoms with van der Waals surface area (Å²) in [6.07, 6.45) is 7.31. The molecule has 2 aromatic rings. The molecule has 0 aliphatic carbocycles. The second-order valence-corrected chi connectivity index (χ2v) is 7.41. The third-order valence-corrected chi connectivity index (χ3v) is 5.67. The van der Waals surface area contributed by atoms with E-state index in [9.17, 15) is 5.11 Å². The monoisotopic (exact) mass is 374 g/mol. The smallest absolute Gasteiger partial charge is 0.131 e. The van der Waals surface area contributed by atoms with Gasteiger partial charge in [-0.15, -0.1) is 12.4 Å². The van der Waals surface area contributed by atoms with Gasteiger partial charge in [0.05, 0.1) is 5.69 Å². The fraction of sp³-hybridized carbons (Fsp3) is 0.500. The van der Waals surface area contributed by atoms with Crippen LogP contribution in [0.3, 0.4) is 0 Å². The Morgan fingerprint density at radius 3 is 2.31 bits per heavy atom. The highest BCUT2D eigenvalue weighted by Gasteiger charge is 2.33. The molecule has 0 spiro atoms. The average Bonchev–Trinajstić information content (AvgIpc) is 2.65. The lowest BCUT2D eigenvalue weighted by atomic mass is 9.85. The Morgan fingerprint density at radius 1 is 1.04 bits per heavy atom. The van der Waals surface area contributed by atoms with E-state index in [-0.39, 0.29) is 12.4 Å². The first-order valence-corrected chi connectivity index (χ1v) is 9.56. The Hall–Kier alpha value is -1.42. The molecule has 3 rings (SSSR count). The van der Waals surface area contributed by atoms with Gasteiger partial charge in [-0.3, -0.25) is 9.88 Å².